The van der Waals surface area contributed by atoms with Gasteiger partial charge in [0.25, 0.3) is 15.7 Å². The second-order valence-corrected chi connectivity index (χ2v) is 9.19. The van der Waals surface area contributed by atoms with Crippen LogP contribution in [0.2, 0.25) is 0 Å². The van der Waals surface area contributed by atoms with Crippen molar-refractivity contribution in [3.8, 4) is 17.2 Å². The van der Waals surface area contributed by atoms with Crippen LogP contribution in [-0.4, -0.2) is 50.1 Å². The second kappa shape index (κ2) is 8.75. The Labute approximate surface area is 191 Å². The van der Waals surface area contributed by atoms with Gasteiger partial charge in [-0.1, -0.05) is 12.1 Å². The van der Waals surface area contributed by atoms with Crippen LogP contribution in [0.5, 0.6) is 17.2 Å². The average molecular weight is 474 g/mol. The minimum Gasteiger partial charge on any atom is -0.493 e. The van der Waals surface area contributed by atoms with Gasteiger partial charge in [0.1, 0.15) is 0 Å². The molecule has 2 aromatic carbocycles. The van der Waals surface area contributed by atoms with Crippen molar-refractivity contribution in [3.63, 3.8) is 0 Å². The molecule has 1 unspecified atom stereocenters. The molecule has 33 heavy (non-hydrogen) atoms. The largest absolute Gasteiger partial charge is 0.493 e. The normalized spacial score (nSPS) is 16.2. The van der Waals surface area contributed by atoms with Crippen molar-refractivity contribution in [2.45, 2.75) is 17.5 Å². The quantitative estimate of drug-likeness (QED) is 0.382. The van der Waals surface area contributed by atoms with E-state index in [0.717, 1.165) is 5.69 Å². The number of nitro groups is 1. The molecule has 1 aliphatic heterocycles. The third-order valence-electron chi connectivity index (χ3n) is 5.65. The van der Waals surface area contributed by atoms with E-state index in [9.17, 15) is 18.5 Å². The summed E-state index contributed by atoms with van der Waals surface area (Å²) in [5, 5.41) is 11.6. The molecule has 0 radical (unpaired) electrons. The molecule has 0 bridgehead atoms. The second-order valence-electron chi connectivity index (χ2n) is 7.33. The first kappa shape index (κ1) is 22.6. The molecule has 174 valence electrons. The highest BCUT2D eigenvalue weighted by molar-refractivity contribution is 7.89. The average Bonchev–Trinajstić information content (AvgIpc) is 3.31. The number of rotatable bonds is 7. The monoisotopic (exact) mass is 473 g/mol. The van der Waals surface area contributed by atoms with Crippen molar-refractivity contribution in [3.05, 3.63) is 76.1 Å². The van der Waals surface area contributed by atoms with Gasteiger partial charge in [-0.3, -0.25) is 10.1 Å². The lowest BCUT2D eigenvalue weighted by Crippen LogP contribution is -2.42. The maximum Gasteiger partial charge on any atom is 0.289 e. The van der Waals surface area contributed by atoms with Crippen LogP contribution in [0, 0.1) is 10.1 Å². The number of hydrogen-bond donors (Lipinski definition) is 0. The third kappa shape index (κ3) is 3.79. The lowest BCUT2D eigenvalue weighted by atomic mass is 10.0. The lowest BCUT2D eigenvalue weighted by Gasteiger charge is -2.36. The summed E-state index contributed by atoms with van der Waals surface area (Å²) >= 11 is 0. The van der Waals surface area contributed by atoms with Crippen molar-refractivity contribution < 1.29 is 27.6 Å². The molecule has 0 N–H and O–H groups in total. The first-order valence-corrected chi connectivity index (χ1v) is 11.5. The Morgan fingerprint density at radius 3 is 2.24 bits per heavy atom. The van der Waals surface area contributed by atoms with E-state index in [1.807, 2.05) is 22.9 Å². The lowest BCUT2D eigenvalue weighted by molar-refractivity contribution is -0.387. The molecule has 0 saturated carbocycles. The zero-order chi connectivity index (χ0) is 23.8. The summed E-state index contributed by atoms with van der Waals surface area (Å²) in [5.41, 5.74) is 0.825. The number of nitrogens with zero attached hydrogens (tertiary/aromatic N) is 3. The van der Waals surface area contributed by atoms with E-state index in [2.05, 4.69) is 0 Å². The van der Waals surface area contributed by atoms with Crippen molar-refractivity contribution >= 4 is 15.7 Å². The molecule has 11 heteroatoms. The summed E-state index contributed by atoms with van der Waals surface area (Å²) in [5.74, 6) is 1.13. The van der Waals surface area contributed by atoms with Gasteiger partial charge in [-0.05, 0) is 35.9 Å². The Balaban J connectivity index is 1.93. The van der Waals surface area contributed by atoms with Gasteiger partial charge >= 0.3 is 0 Å². The number of fused-ring (bicyclic) bond motifs is 1. The van der Waals surface area contributed by atoms with Gasteiger partial charge in [0.05, 0.1) is 32.3 Å². The standard InChI is InChI=1S/C22H23N3O7S/c1-30-18-13-15(14-19(31-2)22(18)32-3)21-17-8-6-10-23(17)11-12-24(21)33(28,29)20-9-5-4-7-16(20)25(26)27/h4-10,13-14,21H,11-12H2,1-3H3. The van der Waals surface area contributed by atoms with Crippen LogP contribution >= 0.6 is 0 Å². The molecule has 1 aromatic heterocycles. The van der Waals surface area contributed by atoms with E-state index in [1.54, 1.807) is 12.1 Å². The van der Waals surface area contributed by atoms with Gasteiger partial charge in [-0.15, -0.1) is 0 Å². The number of methoxy groups -OCH3 is 3. The summed E-state index contributed by atoms with van der Waals surface area (Å²) in [4.78, 5) is 10.5. The van der Waals surface area contributed by atoms with Gasteiger partial charge in [0.2, 0.25) is 5.75 Å². The molecular formula is C22H23N3O7S. The smallest absolute Gasteiger partial charge is 0.289 e. The first-order valence-electron chi connectivity index (χ1n) is 10.0. The first-order chi connectivity index (χ1) is 15.8. The summed E-state index contributed by atoms with van der Waals surface area (Å²) in [6, 6.07) is 11.6. The highest BCUT2D eigenvalue weighted by Gasteiger charge is 2.41. The van der Waals surface area contributed by atoms with Crippen LogP contribution in [0.3, 0.4) is 0 Å². The highest BCUT2D eigenvalue weighted by Crippen LogP contribution is 2.44. The molecule has 4 rings (SSSR count). The number of sulfonamides is 1. The molecule has 10 nitrogen and oxygen atoms in total. The molecular weight excluding hydrogens is 450 g/mol. The van der Waals surface area contributed by atoms with E-state index >= 15 is 0 Å². The fraction of sp³-hybridized carbons (Fsp3) is 0.273. The van der Waals surface area contributed by atoms with Crippen LogP contribution < -0.4 is 14.2 Å². The SMILES string of the molecule is COc1cc(C2c3cccn3CCN2S(=O)(=O)c2ccccc2[N+](=O)[O-])cc(OC)c1OC. The molecule has 0 spiro atoms. The topological polar surface area (TPSA) is 113 Å². The van der Waals surface area contributed by atoms with Crippen molar-refractivity contribution in [1.82, 2.24) is 8.87 Å². The molecule has 0 aliphatic carbocycles. The fourth-order valence-corrected chi connectivity index (χ4v) is 5.91. The predicted octanol–water partition coefficient (Wildman–Crippen LogP) is 3.22. The molecule has 3 aromatic rings. The zero-order valence-corrected chi connectivity index (χ0v) is 19.1. The fourth-order valence-electron chi connectivity index (χ4n) is 4.17. The number of hydrogen-bond acceptors (Lipinski definition) is 7. The van der Waals surface area contributed by atoms with E-state index in [4.69, 9.17) is 14.2 Å². The van der Waals surface area contributed by atoms with Gasteiger partial charge in [0, 0.05) is 31.0 Å². The molecule has 0 fully saturated rings. The van der Waals surface area contributed by atoms with Gasteiger partial charge in [0.15, 0.2) is 16.4 Å². The van der Waals surface area contributed by atoms with Crippen LogP contribution in [0.15, 0.2) is 59.6 Å². The molecule has 1 aliphatic rings. The summed E-state index contributed by atoms with van der Waals surface area (Å²) in [7, 11) is 0.196. The Bertz CT molecular complexity index is 1280. The molecule has 0 saturated heterocycles. The predicted molar refractivity (Wildman–Crippen MR) is 119 cm³/mol. The molecule has 2 heterocycles. The Kier molecular flexibility index (Phi) is 6.00. The maximum absolute atomic E-state index is 13.8. The molecule has 1 atom stereocenters. The summed E-state index contributed by atoms with van der Waals surface area (Å²) < 4.78 is 47.1. The maximum atomic E-state index is 13.8. The van der Waals surface area contributed by atoms with E-state index in [1.165, 1.54) is 49.9 Å². The summed E-state index contributed by atoms with van der Waals surface area (Å²) in [6.45, 7) is 0.528. The Morgan fingerprint density at radius 2 is 1.64 bits per heavy atom. The van der Waals surface area contributed by atoms with E-state index < -0.39 is 26.7 Å². The van der Waals surface area contributed by atoms with Crippen molar-refractivity contribution in [2.75, 3.05) is 27.9 Å². The number of para-hydroxylation sites is 1. The van der Waals surface area contributed by atoms with Crippen LogP contribution in [0.25, 0.3) is 0 Å². The number of benzene rings is 2. The van der Waals surface area contributed by atoms with Crippen LogP contribution in [-0.2, 0) is 16.6 Å². The van der Waals surface area contributed by atoms with Gasteiger partial charge in [-0.25, -0.2) is 8.42 Å². The van der Waals surface area contributed by atoms with Crippen molar-refractivity contribution in [2.24, 2.45) is 0 Å². The van der Waals surface area contributed by atoms with Gasteiger partial charge < -0.3 is 18.8 Å². The third-order valence-corrected chi connectivity index (χ3v) is 7.56. The minimum atomic E-state index is -4.25. The highest BCUT2D eigenvalue weighted by atomic mass is 32.2. The van der Waals surface area contributed by atoms with Gasteiger partial charge in [-0.2, -0.15) is 4.31 Å². The van der Waals surface area contributed by atoms with E-state index in [0.29, 0.717) is 29.4 Å². The van der Waals surface area contributed by atoms with Crippen molar-refractivity contribution in [1.29, 1.82) is 0 Å². The Hall–Kier alpha value is -3.57. The van der Waals surface area contributed by atoms with Crippen LogP contribution in [0.4, 0.5) is 5.69 Å². The number of ether oxygens (including phenoxy) is 3. The number of nitro benzene ring substituents is 1. The molecule has 0 amide bonds. The minimum absolute atomic E-state index is 0.122. The Morgan fingerprint density at radius 1 is 0.970 bits per heavy atom. The zero-order valence-electron chi connectivity index (χ0n) is 18.3. The van der Waals surface area contributed by atoms with Crippen LogP contribution in [0.1, 0.15) is 17.3 Å². The summed E-state index contributed by atoms with van der Waals surface area (Å²) in [6.07, 6.45) is 1.87. The number of aromatic nitrogens is 1. The van der Waals surface area contributed by atoms with E-state index in [-0.39, 0.29) is 11.4 Å².